The zero-order valence-corrected chi connectivity index (χ0v) is 13.8. The molecule has 24 heavy (non-hydrogen) atoms. The Bertz CT molecular complexity index is 761. The first-order valence-electron chi connectivity index (χ1n) is 7.33. The molecule has 0 saturated carbocycles. The second-order valence-electron chi connectivity index (χ2n) is 5.43. The van der Waals surface area contributed by atoms with Crippen LogP contribution in [0.2, 0.25) is 0 Å². The first kappa shape index (κ1) is 16.1. The van der Waals surface area contributed by atoms with Crippen molar-refractivity contribution >= 4 is 34.6 Å². The van der Waals surface area contributed by atoms with E-state index < -0.39 is 12.0 Å². The fourth-order valence-electron chi connectivity index (χ4n) is 2.54. The first-order valence-corrected chi connectivity index (χ1v) is 8.27. The van der Waals surface area contributed by atoms with Crippen molar-refractivity contribution < 1.29 is 14.7 Å². The molecule has 2 heterocycles. The van der Waals surface area contributed by atoms with Crippen molar-refractivity contribution in [3.63, 3.8) is 0 Å². The van der Waals surface area contributed by atoms with Gasteiger partial charge in [0.05, 0.1) is 23.4 Å². The number of carboxylic acid groups (broad SMARTS) is 1. The van der Waals surface area contributed by atoms with Gasteiger partial charge in [0.25, 0.3) is 0 Å². The number of carboxylic acids is 1. The van der Waals surface area contributed by atoms with Crippen molar-refractivity contribution in [3.05, 3.63) is 46.9 Å². The molecule has 0 saturated heterocycles. The topological polar surface area (TPSA) is 86.1 Å². The number of aliphatic carboxylic acids is 1. The van der Waals surface area contributed by atoms with Crippen molar-refractivity contribution in [2.75, 3.05) is 12.1 Å². The highest BCUT2D eigenvalue weighted by Gasteiger charge is 2.37. The molecule has 0 spiro atoms. The predicted molar refractivity (Wildman–Crippen MR) is 91.0 cm³/mol. The molecule has 1 aromatic heterocycles. The third-order valence-corrected chi connectivity index (χ3v) is 4.36. The van der Waals surface area contributed by atoms with E-state index in [1.165, 1.54) is 16.3 Å². The van der Waals surface area contributed by atoms with Crippen LogP contribution in [0.3, 0.4) is 0 Å². The Balaban J connectivity index is 1.82. The van der Waals surface area contributed by atoms with E-state index in [9.17, 15) is 14.7 Å². The molecule has 1 amide bonds. The van der Waals surface area contributed by atoms with E-state index >= 15 is 0 Å². The van der Waals surface area contributed by atoms with E-state index in [-0.39, 0.29) is 18.0 Å². The summed E-state index contributed by atoms with van der Waals surface area (Å²) in [4.78, 5) is 29.8. The van der Waals surface area contributed by atoms with Gasteiger partial charge in [0.2, 0.25) is 5.91 Å². The molecule has 1 aliphatic rings. The Labute approximate surface area is 142 Å². The van der Waals surface area contributed by atoms with Crippen molar-refractivity contribution in [1.29, 1.82) is 0 Å². The Kier molecular flexibility index (Phi) is 4.57. The number of thiazole rings is 1. The molecule has 124 valence electrons. The van der Waals surface area contributed by atoms with Gasteiger partial charge in [0.1, 0.15) is 11.8 Å². The van der Waals surface area contributed by atoms with E-state index in [1.54, 1.807) is 29.6 Å². The second-order valence-corrected chi connectivity index (χ2v) is 6.14. The molecule has 8 heteroatoms. The summed E-state index contributed by atoms with van der Waals surface area (Å²) in [5.41, 5.74) is 3.19. The molecule has 1 aliphatic heterocycles. The molecule has 0 radical (unpaired) electrons. The summed E-state index contributed by atoms with van der Waals surface area (Å²) < 4.78 is 0. The number of aromatic nitrogens is 1. The van der Waals surface area contributed by atoms with E-state index in [2.05, 4.69) is 10.1 Å². The number of benzene rings is 1. The van der Waals surface area contributed by atoms with E-state index in [0.29, 0.717) is 12.2 Å². The van der Waals surface area contributed by atoms with Crippen LogP contribution in [0.5, 0.6) is 0 Å². The van der Waals surface area contributed by atoms with Gasteiger partial charge in [-0.1, -0.05) is 18.2 Å². The number of rotatable bonds is 5. The van der Waals surface area contributed by atoms with Gasteiger partial charge in [0.15, 0.2) is 0 Å². The number of hydrazone groups is 1. The molecule has 0 bridgehead atoms. The highest BCUT2D eigenvalue weighted by molar-refractivity contribution is 7.07. The minimum Gasteiger partial charge on any atom is -0.477 e. The van der Waals surface area contributed by atoms with Crippen LogP contribution < -0.4 is 5.01 Å². The molecular formula is C16H16N4O3S. The molecule has 7 nitrogen and oxygen atoms in total. The predicted octanol–water partition coefficient (Wildman–Crippen LogP) is 1.82. The summed E-state index contributed by atoms with van der Waals surface area (Å²) in [7, 11) is 1.68. The fraction of sp³-hybridized carbons (Fsp3) is 0.250. The summed E-state index contributed by atoms with van der Waals surface area (Å²) in [6.07, 6.45) is 0.0739. The first-order chi connectivity index (χ1) is 11.6. The maximum atomic E-state index is 12.8. The lowest BCUT2D eigenvalue weighted by molar-refractivity contribution is -0.131. The third-order valence-electron chi connectivity index (χ3n) is 3.72. The lowest BCUT2D eigenvalue weighted by Crippen LogP contribution is -2.43. The quantitative estimate of drug-likeness (QED) is 0.894. The minimum atomic E-state index is -1.10. The van der Waals surface area contributed by atoms with Crippen LogP contribution in [0, 0.1) is 0 Å². The van der Waals surface area contributed by atoms with Crippen LogP contribution in [0.1, 0.15) is 12.1 Å². The van der Waals surface area contributed by atoms with Crippen LogP contribution >= 0.6 is 11.3 Å². The van der Waals surface area contributed by atoms with Crippen molar-refractivity contribution in [3.8, 4) is 0 Å². The number of para-hydroxylation sites is 1. The lowest BCUT2D eigenvalue weighted by Gasteiger charge is -2.26. The Morgan fingerprint density at radius 3 is 2.75 bits per heavy atom. The van der Waals surface area contributed by atoms with E-state index in [4.69, 9.17) is 0 Å². The van der Waals surface area contributed by atoms with Gasteiger partial charge in [-0.25, -0.2) is 9.78 Å². The maximum Gasteiger partial charge on any atom is 0.352 e. The van der Waals surface area contributed by atoms with Gasteiger partial charge in [-0.15, -0.1) is 11.3 Å². The minimum absolute atomic E-state index is 0.0146. The number of nitrogens with zero attached hydrogens (tertiary/aromatic N) is 4. The number of hydrogen-bond donors (Lipinski definition) is 1. The molecule has 2 aromatic rings. The van der Waals surface area contributed by atoms with E-state index in [0.717, 1.165) is 5.69 Å². The summed E-state index contributed by atoms with van der Waals surface area (Å²) >= 11 is 1.47. The largest absolute Gasteiger partial charge is 0.477 e. The molecule has 0 aliphatic carbocycles. The molecule has 3 rings (SSSR count). The summed E-state index contributed by atoms with van der Waals surface area (Å²) in [6, 6.07) is 8.44. The highest BCUT2D eigenvalue weighted by atomic mass is 32.1. The average Bonchev–Trinajstić information content (AvgIpc) is 3.24. The van der Waals surface area contributed by atoms with Crippen molar-refractivity contribution in [2.24, 2.45) is 5.10 Å². The van der Waals surface area contributed by atoms with Crippen LogP contribution in [-0.2, 0) is 16.1 Å². The average molecular weight is 344 g/mol. The van der Waals surface area contributed by atoms with E-state index in [1.807, 2.05) is 23.6 Å². The molecule has 1 unspecified atom stereocenters. The second kappa shape index (κ2) is 6.79. The van der Waals surface area contributed by atoms with Gasteiger partial charge in [-0.3, -0.25) is 9.80 Å². The molecule has 1 N–H and O–H groups in total. The zero-order valence-electron chi connectivity index (χ0n) is 13.0. The SMILES string of the molecule is CN(Cc1cscn1)C(=O)C1CC(C(=O)O)=NN1c1ccccc1. The van der Waals surface area contributed by atoms with Crippen LogP contribution in [0.15, 0.2) is 46.3 Å². The highest BCUT2D eigenvalue weighted by Crippen LogP contribution is 2.26. The summed E-state index contributed by atoms with van der Waals surface area (Å²) in [5.74, 6) is -1.29. The number of amides is 1. The number of likely N-dealkylation sites (N-methyl/N-ethyl adjacent to an activating group) is 1. The number of carbonyl (C=O) groups excluding carboxylic acids is 1. The third kappa shape index (κ3) is 3.28. The smallest absolute Gasteiger partial charge is 0.352 e. The van der Waals surface area contributed by atoms with Crippen LogP contribution in [0.4, 0.5) is 5.69 Å². The Morgan fingerprint density at radius 2 is 2.12 bits per heavy atom. The number of hydrogen-bond acceptors (Lipinski definition) is 6. The van der Waals surface area contributed by atoms with Gasteiger partial charge >= 0.3 is 5.97 Å². The van der Waals surface area contributed by atoms with Crippen LogP contribution in [-0.4, -0.2) is 45.7 Å². The fourth-order valence-corrected chi connectivity index (χ4v) is 3.09. The van der Waals surface area contributed by atoms with Crippen molar-refractivity contribution in [2.45, 2.75) is 19.0 Å². The van der Waals surface area contributed by atoms with Crippen molar-refractivity contribution in [1.82, 2.24) is 9.88 Å². The van der Waals surface area contributed by atoms with Gasteiger partial charge in [0, 0.05) is 18.8 Å². The van der Waals surface area contributed by atoms with Gasteiger partial charge < -0.3 is 10.0 Å². The van der Waals surface area contributed by atoms with Gasteiger partial charge in [-0.2, -0.15) is 5.10 Å². The summed E-state index contributed by atoms with van der Waals surface area (Å²) in [5, 5.41) is 16.7. The monoisotopic (exact) mass is 344 g/mol. The Morgan fingerprint density at radius 1 is 1.38 bits per heavy atom. The van der Waals surface area contributed by atoms with Gasteiger partial charge in [-0.05, 0) is 12.1 Å². The van der Waals surface area contributed by atoms with Crippen LogP contribution in [0.25, 0.3) is 0 Å². The number of anilines is 1. The molecule has 1 aromatic carbocycles. The molecule has 1 atom stereocenters. The Hall–Kier alpha value is -2.74. The zero-order chi connectivity index (χ0) is 17.1. The summed E-state index contributed by atoms with van der Waals surface area (Å²) in [6.45, 7) is 0.379. The standard InChI is InChI=1S/C16H16N4O3S/c1-19(8-11-9-24-10-17-11)15(21)14-7-13(16(22)23)18-20(14)12-5-3-2-4-6-12/h2-6,9-10,14H,7-8H2,1H3,(H,22,23). The lowest BCUT2D eigenvalue weighted by atomic mass is 10.1. The maximum absolute atomic E-state index is 12.8. The normalized spacial score (nSPS) is 16.8. The molecule has 0 fully saturated rings. The number of carbonyl (C=O) groups is 2. The molecular weight excluding hydrogens is 328 g/mol.